The van der Waals surface area contributed by atoms with Gasteiger partial charge in [-0.25, -0.2) is 0 Å². The molecule has 3 aromatic carbocycles. The lowest BCUT2D eigenvalue weighted by molar-refractivity contribution is 1.44. The molecule has 5 rings (SSSR count). The average molecular weight is 268 g/mol. The number of para-hydroxylation sites is 1. The van der Waals surface area contributed by atoms with E-state index in [9.17, 15) is 0 Å². The van der Waals surface area contributed by atoms with Crippen molar-refractivity contribution in [2.75, 3.05) is 0 Å². The summed E-state index contributed by atoms with van der Waals surface area (Å²) in [5.41, 5.74) is 3.33. The molecule has 0 unspecified atom stereocenters. The molecule has 0 amide bonds. The molecule has 0 aliphatic heterocycles. The van der Waals surface area contributed by atoms with Crippen LogP contribution in [0.5, 0.6) is 0 Å². The van der Waals surface area contributed by atoms with Crippen LogP contribution in [0.25, 0.3) is 43.5 Å². The summed E-state index contributed by atoms with van der Waals surface area (Å²) >= 11 is 0. The van der Waals surface area contributed by atoms with Crippen molar-refractivity contribution in [3.05, 3.63) is 66.9 Å². The van der Waals surface area contributed by atoms with Crippen molar-refractivity contribution in [3.8, 4) is 0 Å². The highest BCUT2D eigenvalue weighted by atomic mass is 14.8. The van der Waals surface area contributed by atoms with Crippen molar-refractivity contribution in [1.29, 1.82) is 0 Å². The summed E-state index contributed by atoms with van der Waals surface area (Å²) in [4.78, 5) is 8.22. The third kappa shape index (κ3) is 1.39. The van der Waals surface area contributed by atoms with Crippen molar-refractivity contribution in [2.24, 2.45) is 0 Å². The molecule has 2 aromatic heterocycles. The van der Waals surface area contributed by atoms with Crippen LogP contribution in [0.4, 0.5) is 0 Å². The number of pyridine rings is 1. The van der Waals surface area contributed by atoms with Crippen LogP contribution in [0.2, 0.25) is 0 Å². The predicted octanol–water partition coefficient (Wildman–Crippen LogP) is 5.02. The van der Waals surface area contributed by atoms with Crippen molar-refractivity contribution in [3.63, 3.8) is 0 Å². The number of fused-ring (bicyclic) bond motifs is 7. The van der Waals surface area contributed by atoms with Crippen LogP contribution < -0.4 is 0 Å². The van der Waals surface area contributed by atoms with Crippen molar-refractivity contribution in [2.45, 2.75) is 0 Å². The fraction of sp³-hybridized carbons (Fsp3) is 0. The molecule has 21 heavy (non-hydrogen) atoms. The van der Waals surface area contributed by atoms with E-state index in [1.807, 2.05) is 6.20 Å². The Kier molecular flexibility index (Phi) is 1.98. The highest BCUT2D eigenvalue weighted by Gasteiger charge is 2.09. The summed E-state index contributed by atoms with van der Waals surface area (Å²) in [6, 6.07) is 21.2. The maximum absolute atomic E-state index is 4.70. The number of aromatic nitrogens is 2. The third-order valence-electron chi connectivity index (χ3n) is 4.24. The minimum Gasteiger partial charge on any atom is -0.353 e. The van der Waals surface area contributed by atoms with Gasteiger partial charge in [0, 0.05) is 33.3 Å². The number of hydrogen-bond acceptors (Lipinski definition) is 1. The summed E-state index contributed by atoms with van der Waals surface area (Å²) in [5.74, 6) is 0. The molecule has 5 aromatic rings. The zero-order valence-corrected chi connectivity index (χ0v) is 11.3. The summed E-state index contributed by atoms with van der Waals surface area (Å²) in [5, 5.41) is 6.13. The molecule has 98 valence electrons. The molecule has 0 spiro atoms. The standard InChI is InChI=1S/C19H12N2/c1-2-6-13-12(5-1)11-20-18-15(13)9-10-16-14-7-3-4-8-17(14)21-19(16)18/h1-11,21H. The summed E-state index contributed by atoms with van der Waals surface area (Å²) < 4.78 is 0. The van der Waals surface area contributed by atoms with E-state index in [0.29, 0.717) is 0 Å². The molecule has 0 saturated heterocycles. The molecule has 0 bridgehead atoms. The molecule has 0 aliphatic rings. The Morgan fingerprint density at radius 1 is 0.667 bits per heavy atom. The molecule has 1 N–H and O–H groups in total. The lowest BCUT2D eigenvalue weighted by Gasteiger charge is -2.04. The number of rotatable bonds is 0. The van der Waals surface area contributed by atoms with E-state index in [4.69, 9.17) is 4.98 Å². The minimum absolute atomic E-state index is 1.04. The Labute approximate surface area is 121 Å². The van der Waals surface area contributed by atoms with E-state index in [1.165, 1.54) is 26.9 Å². The first-order valence-electron chi connectivity index (χ1n) is 7.09. The van der Waals surface area contributed by atoms with Crippen molar-refractivity contribution >= 4 is 43.5 Å². The van der Waals surface area contributed by atoms with Gasteiger partial charge in [-0.3, -0.25) is 4.98 Å². The van der Waals surface area contributed by atoms with Gasteiger partial charge in [-0.1, -0.05) is 54.6 Å². The van der Waals surface area contributed by atoms with E-state index in [0.717, 1.165) is 16.6 Å². The van der Waals surface area contributed by atoms with Gasteiger partial charge in [-0.2, -0.15) is 0 Å². The zero-order chi connectivity index (χ0) is 13.8. The maximum atomic E-state index is 4.70. The summed E-state index contributed by atoms with van der Waals surface area (Å²) in [6.45, 7) is 0. The SMILES string of the molecule is c1ccc2c(c1)cnc1c2ccc2c3ccccc3[nH]c21. The fourth-order valence-corrected chi connectivity index (χ4v) is 3.24. The fourth-order valence-electron chi connectivity index (χ4n) is 3.24. The Bertz CT molecular complexity index is 1140. The largest absolute Gasteiger partial charge is 0.353 e. The Morgan fingerprint density at radius 3 is 2.38 bits per heavy atom. The maximum Gasteiger partial charge on any atom is 0.0949 e. The van der Waals surface area contributed by atoms with Crippen LogP contribution in [-0.2, 0) is 0 Å². The van der Waals surface area contributed by atoms with Gasteiger partial charge in [0.25, 0.3) is 0 Å². The molecule has 2 heterocycles. The first-order valence-corrected chi connectivity index (χ1v) is 7.09. The molecule has 0 saturated carbocycles. The van der Waals surface area contributed by atoms with Gasteiger partial charge in [0.05, 0.1) is 11.0 Å². The molecule has 2 nitrogen and oxygen atoms in total. The number of aromatic amines is 1. The topological polar surface area (TPSA) is 28.7 Å². The number of nitrogens with one attached hydrogen (secondary N) is 1. The third-order valence-corrected chi connectivity index (χ3v) is 4.24. The number of hydrogen-bond donors (Lipinski definition) is 1. The van der Waals surface area contributed by atoms with Gasteiger partial charge < -0.3 is 4.98 Å². The minimum atomic E-state index is 1.04. The number of nitrogens with zero attached hydrogens (tertiary/aromatic N) is 1. The second-order valence-electron chi connectivity index (χ2n) is 5.40. The van der Waals surface area contributed by atoms with Gasteiger partial charge in [0.1, 0.15) is 0 Å². The normalized spacial score (nSPS) is 11.8. The Morgan fingerprint density at radius 2 is 1.43 bits per heavy atom. The van der Waals surface area contributed by atoms with Crippen molar-refractivity contribution < 1.29 is 0 Å². The van der Waals surface area contributed by atoms with Gasteiger partial charge in [-0.15, -0.1) is 0 Å². The quantitative estimate of drug-likeness (QED) is 0.392. The number of benzene rings is 3. The summed E-state index contributed by atoms with van der Waals surface area (Å²) in [6.07, 6.45) is 1.96. The number of H-pyrrole nitrogens is 1. The van der Waals surface area contributed by atoms with Crippen LogP contribution in [0.3, 0.4) is 0 Å². The van der Waals surface area contributed by atoms with E-state index >= 15 is 0 Å². The zero-order valence-electron chi connectivity index (χ0n) is 11.3. The highest BCUT2D eigenvalue weighted by Crippen LogP contribution is 2.32. The predicted molar refractivity (Wildman–Crippen MR) is 88.6 cm³/mol. The van der Waals surface area contributed by atoms with Gasteiger partial charge in [0.2, 0.25) is 0 Å². The summed E-state index contributed by atoms with van der Waals surface area (Å²) in [7, 11) is 0. The van der Waals surface area contributed by atoms with Crippen LogP contribution in [-0.4, -0.2) is 9.97 Å². The van der Waals surface area contributed by atoms with E-state index in [2.05, 4.69) is 65.6 Å². The molecule has 0 radical (unpaired) electrons. The lowest BCUT2D eigenvalue weighted by atomic mass is 10.0. The van der Waals surface area contributed by atoms with Crippen LogP contribution in [0.1, 0.15) is 0 Å². The Hall–Kier alpha value is -2.87. The first kappa shape index (κ1) is 10.9. The molecular weight excluding hydrogens is 256 g/mol. The van der Waals surface area contributed by atoms with Crippen molar-refractivity contribution in [1.82, 2.24) is 9.97 Å². The van der Waals surface area contributed by atoms with Crippen LogP contribution in [0.15, 0.2) is 66.9 Å². The van der Waals surface area contributed by atoms with Crippen LogP contribution in [0, 0.1) is 0 Å². The molecular formula is C19H12N2. The average Bonchev–Trinajstić information content (AvgIpc) is 2.93. The van der Waals surface area contributed by atoms with E-state index in [1.54, 1.807) is 0 Å². The van der Waals surface area contributed by atoms with Crippen LogP contribution >= 0.6 is 0 Å². The van der Waals surface area contributed by atoms with Gasteiger partial charge in [-0.05, 0) is 11.5 Å². The molecule has 0 aliphatic carbocycles. The van der Waals surface area contributed by atoms with E-state index in [-0.39, 0.29) is 0 Å². The second-order valence-corrected chi connectivity index (χ2v) is 5.40. The first-order chi connectivity index (χ1) is 10.4. The molecule has 0 atom stereocenters. The Balaban J connectivity index is 2.07. The highest BCUT2D eigenvalue weighted by molar-refractivity contribution is 6.20. The smallest absolute Gasteiger partial charge is 0.0949 e. The van der Waals surface area contributed by atoms with Gasteiger partial charge in [0.15, 0.2) is 0 Å². The lowest BCUT2D eigenvalue weighted by Crippen LogP contribution is -1.83. The second kappa shape index (κ2) is 3.83. The van der Waals surface area contributed by atoms with E-state index < -0.39 is 0 Å². The van der Waals surface area contributed by atoms with Gasteiger partial charge >= 0.3 is 0 Å². The monoisotopic (exact) mass is 268 g/mol. The molecule has 0 fully saturated rings. The molecule has 2 heteroatoms.